The van der Waals surface area contributed by atoms with E-state index in [9.17, 15) is 0 Å². The third kappa shape index (κ3) is 1.95. The van der Waals surface area contributed by atoms with Gasteiger partial charge in [-0.05, 0) is 30.7 Å². The average Bonchev–Trinajstić information content (AvgIpc) is 2.72. The van der Waals surface area contributed by atoms with Crippen molar-refractivity contribution in [2.75, 3.05) is 5.73 Å². The maximum Gasteiger partial charge on any atom is 0.0687 e. The zero-order valence-electron chi connectivity index (χ0n) is 10.3. The molecule has 0 saturated heterocycles. The summed E-state index contributed by atoms with van der Waals surface area (Å²) in [7, 11) is 0. The maximum absolute atomic E-state index is 5.77. The molecule has 90 valence electrons. The first-order valence-corrected chi connectivity index (χ1v) is 5.99. The minimum absolute atomic E-state index is 0.776. The van der Waals surface area contributed by atoms with E-state index in [0.717, 1.165) is 23.1 Å². The lowest BCUT2D eigenvalue weighted by molar-refractivity contribution is 0.712. The minimum Gasteiger partial charge on any atom is -0.399 e. The summed E-state index contributed by atoms with van der Waals surface area (Å²) in [6, 6.07) is 14.4. The molecule has 3 rings (SSSR count). The lowest BCUT2D eigenvalue weighted by Gasteiger charge is -2.05. The fraction of sp³-hybridized carbons (Fsp3) is 0.133. The second-order valence-corrected chi connectivity index (χ2v) is 4.61. The van der Waals surface area contributed by atoms with Gasteiger partial charge in [-0.1, -0.05) is 29.8 Å². The van der Waals surface area contributed by atoms with Crippen molar-refractivity contribution in [3.63, 3.8) is 0 Å². The van der Waals surface area contributed by atoms with Gasteiger partial charge >= 0.3 is 0 Å². The van der Waals surface area contributed by atoms with Crippen LogP contribution in [0.25, 0.3) is 10.9 Å². The molecule has 3 aromatic rings. The van der Waals surface area contributed by atoms with Crippen molar-refractivity contribution in [2.45, 2.75) is 13.5 Å². The molecule has 0 radical (unpaired) electrons. The second kappa shape index (κ2) is 4.18. The van der Waals surface area contributed by atoms with E-state index in [2.05, 4.69) is 36.3 Å². The first-order chi connectivity index (χ1) is 8.72. The number of nitrogen functional groups attached to an aromatic ring is 1. The van der Waals surface area contributed by atoms with Gasteiger partial charge in [-0.3, -0.25) is 4.68 Å². The third-order valence-electron chi connectivity index (χ3n) is 3.08. The molecule has 0 saturated carbocycles. The normalized spacial score (nSPS) is 10.9. The van der Waals surface area contributed by atoms with Gasteiger partial charge in [0.1, 0.15) is 0 Å². The molecular formula is C15H15N3. The Bertz CT molecular complexity index is 698. The lowest BCUT2D eigenvalue weighted by Crippen LogP contribution is -2.01. The number of fused-ring (bicyclic) bond motifs is 1. The zero-order chi connectivity index (χ0) is 12.5. The largest absolute Gasteiger partial charge is 0.399 e. The molecule has 2 aromatic carbocycles. The molecule has 3 heteroatoms. The average molecular weight is 237 g/mol. The predicted octanol–water partition coefficient (Wildman–Crippen LogP) is 2.98. The van der Waals surface area contributed by atoms with E-state index in [1.807, 2.05) is 29.1 Å². The van der Waals surface area contributed by atoms with Crippen molar-refractivity contribution < 1.29 is 0 Å². The van der Waals surface area contributed by atoms with Crippen molar-refractivity contribution >= 4 is 16.6 Å². The van der Waals surface area contributed by atoms with Crippen LogP contribution in [-0.2, 0) is 6.54 Å². The van der Waals surface area contributed by atoms with Gasteiger partial charge in [-0.25, -0.2) is 0 Å². The maximum atomic E-state index is 5.77. The first kappa shape index (κ1) is 10.8. The van der Waals surface area contributed by atoms with Crippen molar-refractivity contribution in [1.82, 2.24) is 9.78 Å². The van der Waals surface area contributed by atoms with Crippen LogP contribution >= 0.6 is 0 Å². The molecule has 1 aromatic heterocycles. The molecular weight excluding hydrogens is 222 g/mol. The molecule has 18 heavy (non-hydrogen) atoms. The minimum atomic E-state index is 0.776. The predicted molar refractivity (Wildman–Crippen MR) is 74.4 cm³/mol. The Labute approximate surface area is 106 Å². The summed E-state index contributed by atoms with van der Waals surface area (Å²) < 4.78 is 2.00. The van der Waals surface area contributed by atoms with Crippen LogP contribution in [0.5, 0.6) is 0 Å². The van der Waals surface area contributed by atoms with Crippen molar-refractivity contribution in [3.05, 3.63) is 59.8 Å². The third-order valence-corrected chi connectivity index (χ3v) is 3.08. The Kier molecular flexibility index (Phi) is 2.52. The van der Waals surface area contributed by atoms with Crippen molar-refractivity contribution in [2.24, 2.45) is 0 Å². The van der Waals surface area contributed by atoms with Gasteiger partial charge in [0.05, 0.1) is 18.3 Å². The summed E-state index contributed by atoms with van der Waals surface area (Å²) in [6.07, 6.45) is 1.86. The molecule has 0 bridgehead atoms. The number of rotatable bonds is 2. The molecule has 0 fully saturated rings. The van der Waals surface area contributed by atoms with Gasteiger partial charge in [0.15, 0.2) is 0 Å². The summed E-state index contributed by atoms with van der Waals surface area (Å²) in [5.74, 6) is 0. The van der Waals surface area contributed by atoms with Crippen LogP contribution in [0.15, 0.2) is 48.7 Å². The van der Waals surface area contributed by atoms with E-state index in [1.165, 1.54) is 11.1 Å². The summed E-state index contributed by atoms with van der Waals surface area (Å²) in [5.41, 5.74) is 10.2. The Hall–Kier alpha value is -2.29. The smallest absolute Gasteiger partial charge is 0.0687 e. The van der Waals surface area contributed by atoms with Gasteiger partial charge in [0.2, 0.25) is 0 Å². The fourth-order valence-corrected chi connectivity index (χ4v) is 2.21. The van der Waals surface area contributed by atoms with Gasteiger partial charge in [-0.2, -0.15) is 5.10 Å². The molecule has 3 nitrogen and oxygen atoms in total. The number of aromatic nitrogens is 2. The van der Waals surface area contributed by atoms with E-state index >= 15 is 0 Å². The molecule has 0 spiro atoms. The van der Waals surface area contributed by atoms with Crippen LogP contribution in [0.1, 0.15) is 11.1 Å². The molecule has 0 amide bonds. The summed E-state index contributed by atoms with van der Waals surface area (Å²) in [5, 5.41) is 5.51. The van der Waals surface area contributed by atoms with Gasteiger partial charge in [-0.15, -0.1) is 0 Å². The molecule has 1 heterocycles. The molecule has 0 aliphatic rings. The molecule has 0 atom stereocenters. The van der Waals surface area contributed by atoms with Gasteiger partial charge in [0, 0.05) is 11.1 Å². The quantitative estimate of drug-likeness (QED) is 0.696. The number of benzene rings is 2. The SMILES string of the molecule is Cc1cccc(Cn2ncc3cc(N)ccc32)c1. The van der Waals surface area contributed by atoms with Crippen LogP contribution in [0.4, 0.5) is 5.69 Å². The second-order valence-electron chi connectivity index (χ2n) is 4.61. The summed E-state index contributed by atoms with van der Waals surface area (Å²) in [4.78, 5) is 0. The number of aryl methyl sites for hydroxylation is 1. The fourth-order valence-electron chi connectivity index (χ4n) is 2.21. The van der Waals surface area contributed by atoms with Crippen LogP contribution in [0, 0.1) is 6.92 Å². The first-order valence-electron chi connectivity index (χ1n) is 5.99. The monoisotopic (exact) mass is 237 g/mol. The van der Waals surface area contributed by atoms with Crippen LogP contribution < -0.4 is 5.73 Å². The lowest BCUT2D eigenvalue weighted by atomic mass is 10.1. The Morgan fingerprint density at radius 3 is 2.89 bits per heavy atom. The number of hydrogen-bond acceptors (Lipinski definition) is 2. The van der Waals surface area contributed by atoms with Crippen LogP contribution in [0.2, 0.25) is 0 Å². The Morgan fingerprint density at radius 1 is 1.17 bits per heavy atom. The topological polar surface area (TPSA) is 43.8 Å². The van der Waals surface area contributed by atoms with E-state index in [-0.39, 0.29) is 0 Å². The van der Waals surface area contributed by atoms with Crippen LogP contribution in [-0.4, -0.2) is 9.78 Å². The summed E-state index contributed by atoms with van der Waals surface area (Å²) in [6.45, 7) is 2.89. The zero-order valence-corrected chi connectivity index (χ0v) is 10.3. The highest BCUT2D eigenvalue weighted by Crippen LogP contribution is 2.18. The standard InChI is InChI=1S/C15H15N3/c1-11-3-2-4-12(7-11)10-18-15-6-5-14(16)8-13(15)9-17-18/h2-9H,10,16H2,1H3. The highest BCUT2D eigenvalue weighted by molar-refractivity contribution is 5.81. The molecule has 0 aliphatic carbocycles. The van der Waals surface area contributed by atoms with Gasteiger partial charge < -0.3 is 5.73 Å². The van der Waals surface area contributed by atoms with E-state index < -0.39 is 0 Å². The number of anilines is 1. The van der Waals surface area contributed by atoms with Crippen molar-refractivity contribution in [1.29, 1.82) is 0 Å². The number of hydrogen-bond donors (Lipinski definition) is 1. The Morgan fingerprint density at radius 2 is 2.06 bits per heavy atom. The Balaban J connectivity index is 2.00. The molecule has 2 N–H and O–H groups in total. The van der Waals surface area contributed by atoms with E-state index in [1.54, 1.807) is 0 Å². The number of nitrogens with two attached hydrogens (primary N) is 1. The highest BCUT2D eigenvalue weighted by atomic mass is 15.3. The molecule has 0 unspecified atom stereocenters. The van der Waals surface area contributed by atoms with E-state index in [0.29, 0.717) is 0 Å². The van der Waals surface area contributed by atoms with E-state index in [4.69, 9.17) is 5.73 Å². The number of nitrogens with zero attached hydrogens (tertiary/aromatic N) is 2. The van der Waals surface area contributed by atoms with Gasteiger partial charge in [0.25, 0.3) is 0 Å². The molecule has 0 aliphatic heterocycles. The summed E-state index contributed by atoms with van der Waals surface area (Å²) >= 11 is 0. The van der Waals surface area contributed by atoms with Crippen molar-refractivity contribution in [3.8, 4) is 0 Å². The van der Waals surface area contributed by atoms with Crippen LogP contribution in [0.3, 0.4) is 0 Å². The highest BCUT2D eigenvalue weighted by Gasteiger charge is 2.03.